The lowest BCUT2D eigenvalue weighted by Gasteiger charge is -2.22. The SMILES string of the molecule is C[C@@H](NC(=O)c1cnc2ccccc2c1)c1ccc(C(=C2CCNCC2)c2ccc(F)cc2)cc1. The average Bonchev–Trinajstić information content (AvgIpc) is 2.90. The van der Waals surface area contributed by atoms with Crippen LogP contribution in [0, 0.1) is 5.82 Å². The molecule has 1 aliphatic rings. The molecule has 0 unspecified atom stereocenters. The number of nitrogens with zero attached hydrogens (tertiary/aromatic N) is 1. The van der Waals surface area contributed by atoms with Crippen molar-refractivity contribution in [2.45, 2.75) is 25.8 Å². The van der Waals surface area contributed by atoms with Crippen molar-refractivity contribution in [3.63, 3.8) is 0 Å². The molecule has 1 atom stereocenters. The lowest BCUT2D eigenvalue weighted by molar-refractivity contribution is 0.0939. The third-order valence-corrected chi connectivity index (χ3v) is 6.59. The summed E-state index contributed by atoms with van der Waals surface area (Å²) in [6.07, 6.45) is 3.56. The molecule has 1 aromatic heterocycles. The topological polar surface area (TPSA) is 54.0 Å². The lowest BCUT2D eigenvalue weighted by Crippen LogP contribution is -2.26. The zero-order chi connectivity index (χ0) is 24.2. The first-order valence-corrected chi connectivity index (χ1v) is 12.0. The summed E-state index contributed by atoms with van der Waals surface area (Å²) in [7, 11) is 0. The molecule has 1 aliphatic heterocycles. The number of carbonyl (C=O) groups excluding carboxylic acids is 1. The second kappa shape index (κ2) is 10.2. The number of fused-ring (bicyclic) bond motifs is 1. The minimum atomic E-state index is -0.232. The maximum Gasteiger partial charge on any atom is 0.253 e. The molecule has 0 bridgehead atoms. The summed E-state index contributed by atoms with van der Waals surface area (Å²) in [5.41, 5.74) is 7.12. The summed E-state index contributed by atoms with van der Waals surface area (Å²) in [4.78, 5) is 17.3. The summed E-state index contributed by atoms with van der Waals surface area (Å²) < 4.78 is 13.6. The standard InChI is InChI=1S/C30H28FN3O/c1-20(34-30(35)26-18-25-4-2-3-5-28(25)33-19-26)21-6-8-22(9-7-21)29(24-14-16-32-17-15-24)23-10-12-27(31)13-11-23/h2-13,18-20,32H,14-17H2,1H3,(H,34,35)/t20-/m1/s1. The normalized spacial score (nSPS) is 14.5. The smallest absolute Gasteiger partial charge is 0.253 e. The molecule has 1 saturated heterocycles. The van der Waals surface area contributed by atoms with Gasteiger partial charge < -0.3 is 10.6 Å². The molecule has 4 nitrogen and oxygen atoms in total. The van der Waals surface area contributed by atoms with Gasteiger partial charge in [0.15, 0.2) is 0 Å². The van der Waals surface area contributed by atoms with Crippen LogP contribution in [0.2, 0.25) is 0 Å². The first-order valence-electron chi connectivity index (χ1n) is 12.0. The van der Waals surface area contributed by atoms with Crippen LogP contribution in [-0.2, 0) is 0 Å². The minimum absolute atomic E-state index is 0.149. The van der Waals surface area contributed by atoms with Gasteiger partial charge in [0.25, 0.3) is 5.91 Å². The molecule has 3 aromatic carbocycles. The summed E-state index contributed by atoms with van der Waals surface area (Å²) >= 11 is 0. The summed E-state index contributed by atoms with van der Waals surface area (Å²) in [6.45, 7) is 3.88. The van der Waals surface area contributed by atoms with Crippen LogP contribution < -0.4 is 10.6 Å². The molecule has 4 aromatic rings. The second-order valence-electron chi connectivity index (χ2n) is 8.97. The van der Waals surface area contributed by atoms with Crippen LogP contribution in [0.5, 0.6) is 0 Å². The third kappa shape index (κ3) is 5.15. The third-order valence-electron chi connectivity index (χ3n) is 6.59. The van der Waals surface area contributed by atoms with Crippen LogP contribution in [0.15, 0.2) is 90.6 Å². The Labute approximate surface area is 204 Å². The van der Waals surface area contributed by atoms with E-state index in [4.69, 9.17) is 0 Å². The Morgan fingerprint density at radius 2 is 1.57 bits per heavy atom. The number of rotatable bonds is 5. The van der Waals surface area contributed by atoms with Crippen LogP contribution >= 0.6 is 0 Å². The molecule has 5 heteroatoms. The highest BCUT2D eigenvalue weighted by atomic mass is 19.1. The second-order valence-corrected chi connectivity index (χ2v) is 8.97. The van der Waals surface area contributed by atoms with Crippen molar-refractivity contribution in [1.82, 2.24) is 15.6 Å². The maximum atomic E-state index is 13.6. The van der Waals surface area contributed by atoms with E-state index in [0.717, 1.165) is 53.5 Å². The van der Waals surface area contributed by atoms with E-state index in [0.29, 0.717) is 5.56 Å². The first kappa shape index (κ1) is 22.9. The Balaban J connectivity index is 1.37. The van der Waals surface area contributed by atoms with Gasteiger partial charge in [-0.25, -0.2) is 4.39 Å². The number of aromatic nitrogens is 1. The van der Waals surface area contributed by atoms with Crippen molar-refractivity contribution in [3.05, 3.63) is 119 Å². The van der Waals surface area contributed by atoms with E-state index in [-0.39, 0.29) is 17.8 Å². The molecule has 1 fully saturated rings. The van der Waals surface area contributed by atoms with Gasteiger partial charge >= 0.3 is 0 Å². The van der Waals surface area contributed by atoms with Crippen molar-refractivity contribution in [2.24, 2.45) is 0 Å². The molecule has 0 saturated carbocycles. The maximum absolute atomic E-state index is 13.6. The number of pyridine rings is 1. The van der Waals surface area contributed by atoms with E-state index in [2.05, 4.69) is 39.9 Å². The minimum Gasteiger partial charge on any atom is -0.345 e. The predicted molar refractivity (Wildman–Crippen MR) is 139 cm³/mol. The largest absolute Gasteiger partial charge is 0.345 e. The Morgan fingerprint density at radius 1 is 0.914 bits per heavy atom. The Morgan fingerprint density at radius 3 is 2.29 bits per heavy atom. The van der Waals surface area contributed by atoms with Crippen molar-refractivity contribution < 1.29 is 9.18 Å². The molecule has 0 spiro atoms. The summed E-state index contributed by atoms with van der Waals surface area (Å²) in [6, 6.07) is 24.5. The molecule has 5 rings (SSSR count). The number of hydrogen-bond donors (Lipinski definition) is 2. The lowest BCUT2D eigenvalue weighted by atomic mass is 9.88. The molecule has 2 N–H and O–H groups in total. The van der Waals surface area contributed by atoms with Crippen molar-refractivity contribution in [3.8, 4) is 0 Å². The van der Waals surface area contributed by atoms with Gasteiger partial charge in [-0.3, -0.25) is 9.78 Å². The fourth-order valence-electron chi connectivity index (χ4n) is 4.67. The van der Waals surface area contributed by atoms with E-state index in [1.54, 1.807) is 6.20 Å². The van der Waals surface area contributed by atoms with Crippen LogP contribution in [0.4, 0.5) is 4.39 Å². The quantitative estimate of drug-likeness (QED) is 0.377. The first-order chi connectivity index (χ1) is 17.1. The van der Waals surface area contributed by atoms with E-state index in [1.165, 1.54) is 23.3 Å². The molecule has 176 valence electrons. The number of para-hydroxylation sites is 1. The highest BCUT2D eigenvalue weighted by Crippen LogP contribution is 2.32. The molecular formula is C30H28FN3O. The van der Waals surface area contributed by atoms with Gasteiger partial charge in [-0.05, 0) is 79.4 Å². The van der Waals surface area contributed by atoms with Crippen LogP contribution in [0.1, 0.15) is 52.9 Å². The Kier molecular flexibility index (Phi) is 6.68. The number of nitrogens with one attached hydrogen (secondary N) is 2. The fraction of sp³-hybridized carbons (Fsp3) is 0.200. The molecule has 1 amide bonds. The van der Waals surface area contributed by atoms with Gasteiger partial charge in [0.1, 0.15) is 5.82 Å². The van der Waals surface area contributed by atoms with Gasteiger partial charge in [-0.15, -0.1) is 0 Å². The van der Waals surface area contributed by atoms with E-state index in [1.807, 2.05) is 49.4 Å². The number of hydrogen-bond acceptors (Lipinski definition) is 3. The van der Waals surface area contributed by atoms with Crippen LogP contribution in [0.3, 0.4) is 0 Å². The molecule has 0 aliphatic carbocycles. The predicted octanol–water partition coefficient (Wildman–Crippen LogP) is 6.05. The van der Waals surface area contributed by atoms with Gasteiger partial charge in [-0.2, -0.15) is 0 Å². The monoisotopic (exact) mass is 465 g/mol. The van der Waals surface area contributed by atoms with Crippen molar-refractivity contribution >= 4 is 22.4 Å². The van der Waals surface area contributed by atoms with Crippen LogP contribution in [0.25, 0.3) is 16.5 Å². The summed E-state index contributed by atoms with van der Waals surface area (Å²) in [5, 5.41) is 7.44. The van der Waals surface area contributed by atoms with Gasteiger partial charge in [0, 0.05) is 11.6 Å². The number of halogens is 1. The van der Waals surface area contributed by atoms with Gasteiger partial charge in [-0.1, -0.05) is 60.2 Å². The molecule has 0 radical (unpaired) electrons. The van der Waals surface area contributed by atoms with Gasteiger partial charge in [0.2, 0.25) is 0 Å². The molecule has 35 heavy (non-hydrogen) atoms. The number of benzene rings is 3. The highest BCUT2D eigenvalue weighted by molar-refractivity contribution is 5.97. The zero-order valence-electron chi connectivity index (χ0n) is 19.7. The molecular weight excluding hydrogens is 437 g/mol. The number of carbonyl (C=O) groups is 1. The Hall–Kier alpha value is -3.83. The van der Waals surface area contributed by atoms with Crippen LogP contribution in [-0.4, -0.2) is 24.0 Å². The number of piperidine rings is 1. The zero-order valence-corrected chi connectivity index (χ0v) is 19.7. The number of amides is 1. The fourth-order valence-corrected chi connectivity index (χ4v) is 4.67. The highest BCUT2D eigenvalue weighted by Gasteiger charge is 2.17. The van der Waals surface area contributed by atoms with Gasteiger partial charge in [0.05, 0.1) is 17.1 Å². The summed E-state index contributed by atoms with van der Waals surface area (Å²) in [5.74, 6) is -0.381. The van der Waals surface area contributed by atoms with E-state index in [9.17, 15) is 9.18 Å². The van der Waals surface area contributed by atoms with E-state index < -0.39 is 0 Å². The molecule has 2 heterocycles. The van der Waals surface area contributed by atoms with Crippen molar-refractivity contribution in [1.29, 1.82) is 0 Å². The Bertz CT molecular complexity index is 1370. The average molecular weight is 466 g/mol. The van der Waals surface area contributed by atoms with E-state index >= 15 is 0 Å². The van der Waals surface area contributed by atoms with Crippen molar-refractivity contribution in [2.75, 3.05) is 13.1 Å².